The van der Waals surface area contributed by atoms with E-state index in [1.165, 1.54) is 31.0 Å². The van der Waals surface area contributed by atoms with Crippen molar-refractivity contribution in [3.05, 3.63) is 28.2 Å². The Morgan fingerprint density at radius 2 is 1.71 bits per heavy atom. The maximum absolute atomic E-state index is 12.7. The molecule has 2 aliphatic rings. The fourth-order valence-corrected chi connectivity index (χ4v) is 5.18. The molecule has 0 amide bonds. The van der Waals surface area contributed by atoms with Crippen LogP contribution in [0, 0.1) is 5.92 Å². The van der Waals surface area contributed by atoms with Crippen LogP contribution >= 0.6 is 23.2 Å². The molecule has 0 atom stereocenters. The zero-order chi connectivity index (χ0) is 17.2. The van der Waals surface area contributed by atoms with Crippen molar-refractivity contribution in [2.24, 2.45) is 5.92 Å². The Hall–Kier alpha value is -0.370. The number of hydrogen-bond acceptors (Lipinski definition) is 4. The topological polar surface area (TPSA) is 52.7 Å². The number of rotatable bonds is 4. The molecule has 2 saturated heterocycles. The van der Waals surface area contributed by atoms with E-state index in [-0.39, 0.29) is 9.92 Å². The third-order valence-electron chi connectivity index (χ3n) is 4.84. The lowest BCUT2D eigenvalue weighted by atomic mass is 9.97. The average Bonchev–Trinajstić information content (AvgIpc) is 2.58. The molecule has 24 heavy (non-hydrogen) atoms. The van der Waals surface area contributed by atoms with Crippen LogP contribution in [-0.4, -0.2) is 63.4 Å². The van der Waals surface area contributed by atoms with Gasteiger partial charge in [0, 0.05) is 32.7 Å². The average molecular weight is 392 g/mol. The summed E-state index contributed by atoms with van der Waals surface area (Å²) in [6.07, 6.45) is 2.42. The van der Waals surface area contributed by atoms with Gasteiger partial charge in [-0.25, -0.2) is 8.42 Å². The maximum Gasteiger partial charge on any atom is 0.243 e. The van der Waals surface area contributed by atoms with Gasteiger partial charge in [-0.1, -0.05) is 23.2 Å². The van der Waals surface area contributed by atoms with Crippen molar-refractivity contribution < 1.29 is 8.42 Å². The second-order valence-electron chi connectivity index (χ2n) is 6.47. The lowest BCUT2D eigenvalue weighted by Gasteiger charge is -2.36. The van der Waals surface area contributed by atoms with E-state index in [0.717, 1.165) is 38.6 Å². The minimum Gasteiger partial charge on any atom is -0.317 e. The van der Waals surface area contributed by atoms with E-state index in [0.29, 0.717) is 18.1 Å². The van der Waals surface area contributed by atoms with Gasteiger partial charge in [-0.05, 0) is 50.0 Å². The largest absolute Gasteiger partial charge is 0.317 e. The first-order valence-electron chi connectivity index (χ1n) is 8.35. The first kappa shape index (κ1) is 18.4. The molecule has 1 N–H and O–H groups in total. The molecule has 0 radical (unpaired) electrons. The number of nitrogens with one attached hydrogen (secondary N) is 1. The zero-order valence-electron chi connectivity index (χ0n) is 13.5. The van der Waals surface area contributed by atoms with E-state index in [1.54, 1.807) is 4.31 Å². The zero-order valence-corrected chi connectivity index (χ0v) is 15.9. The number of benzene rings is 1. The van der Waals surface area contributed by atoms with E-state index in [9.17, 15) is 8.42 Å². The molecule has 2 heterocycles. The predicted molar refractivity (Wildman–Crippen MR) is 97.3 cm³/mol. The summed E-state index contributed by atoms with van der Waals surface area (Å²) >= 11 is 11.8. The van der Waals surface area contributed by atoms with E-state index >= 15 is 0 Å². The summed E-state index contributed by atoms with van der Waals surface area (Å²) in [5, 5.41) is 4.01. The van der Waals surface area contributed by atoms with Gasteiger partial charge in [0.1, 0.15) is 0 Å². The first-order chi connectivity index (χ1) is 11.5. The second kappa shape index (κ2) is 7.89. The maximum atomic E-state index is 12.7. The smallest absolute Gasteiger partial charge is 0.243 e. The molecule has 5 nitrogen and oxygen atoms in total. The number of halogens is 2. The van der Waals surface area contributed by atoms with Gasteiger partial charge >= 0.3 is 0 Å². The highest BCUT2D eigenvalue weighted by atomic mass is 35.5. The number of piperidine rings is 1. The Morgan fingerprint density at radius 3 is 2.33 bits per heavy atom. The van der Waals surface area contributed by atoms with Crippen LogP contribution in [0.15, 0.2) is 23.1 Å². The molecular weight excluding hydrogens is 369 g/mol. The van der Waals surface area contributed by atoms with Gasteiger partial charge in [0.15, 0.2) is 0 Å². The van der Waals surface area contributed by atoms with Crippen molar-refractivity contribution in [1.82, 2.24) is 14.5 Å². The monoisotopic (exact) mass is 391 g/mol. The molecule has 0 aromatic heterocycles. The van der Waals surface area contributed by atoms with Crippen LogP contribution in [0.2, 0.25) is 10.0 Å². The number of piperazine rings is 1. The third-order valence-corrected chi connectivity index (χ3v) is 7.47. The fraction of sp³-hybridized carbons (Fsp3) is 0.625. The van der Waals surface area contributed by atoms with Crippen LogP contribution in [0.5, 0.6) is 0 Å². The lowest BCUT2D eigenvalue weighted by molar-refractivity contribution is 0.152. The Labute approximate surface area is 154 Å². The highest BCUT2D eigenvalue weighted by Gasteiger charge is 2.29. The molecule has 1 aromatic rings. The van der Waals surface area contributed by atoms with Gasteiger partial charge < -0.3 is 10.2 Å². The van der Waals surface area contributed by atoms with Gasteiger partial charge in [0.2, 0.25) is 10.0 Å². The van der Waals surface area contributed by atoms with Gasteiger partial charge in [0.25, 0.3) is 0 Å². The summed E-state index contributed by atoms with van der Waals surface area (Å²) in [5.41, 5.74) is 0. The molecule has 134 valence electrons. The van der Waals surface area contributed by atoms with Crippen molar-refractivity contribution in [3.8, 4) is 0 Å². The van der Waals surface area contributed by atoms with E-state index in [1.807, 2.05) is 0 Å². The summed E-state index contributed by atoms with van der Waals surface area (Å²) in [6.45, 7) is 5.87. The highest BCUT2D eigenvalue weighted by molar-refractivity contribution is 7.89. The van der Waals surface area contributed by atoms with Crippen LogP contribution in [0.25, 0.3) is 0 Å². The Kier molecular flexibility index (Phi) is 6.06. The molecule has 3 rings (SSSR count). The summed E-state index contributed by atoms with van der Waals surface area (Å²) in [6, 6.07) is 4.48. The molecule has 0 spiro atoms. The van der Waals surface area contributed by atoms with Crippen molar-refractivity contribution in [2.75, 3.05) is 45.8 Å². The van der Waals surface area contributed by atoms with E-state index in [4.69, 9.17) is 23.2 Å². The molecule has 8 heteroatoms. The van der Waals surface area contributed by atoms with Crippen molar-refractivity contribution in [1.29, 1.82) is 0 Å². The molecule has 1 aromatic carbocycles. The molecular formula is C16H23Cl2N3O2S. The van der Waals surface area contributed by atoms with Gasteiger partial charge in [-0.15, -0.1) is 0 Å². The Morgan fingerprint density at radius 1 is 1.04 bits per heavy atom. The number of sulfonamides is 1. The highest BCUT2D eigenvalue weighted by Crippen LogP contribution is 2.27. The minimum absolute atomic E-state index is 0.212. The van der Waals surface area contributed by atoms with Crippen LogP contribution < -0.4 is 5.32 Å². The van der Waals surface area contributed by atoms with E-state index < -0.39 is 10.0 Å². The van der Waals surface area contributed by atoms with Crippen LogP contribution in [0.3, 0.4) is 0 Å². The summed E-state index contributed by atoms with van der Waals surface area (Å²) in [7, 11) is -3.50. The minimum atomic E-state index is -3.50. The molecule has 0 unspecified atom stereocenters. The number of nitrogens with zero attached hydrogens (tertiary/aromatic N) is 2. The summed E-state index contributed by atoms with van der Waals surface area (Å²) in [4.78, 5) is 2.60. The Balaban J connectivity index is 1.59. The molecule has 0 bridgehead atoms. The molecule has 2 aliphatic heterocycles. The standard InChI is InChI=1S/C16H23Cl2N3O2S/c17-15-2-1-14(11-16(15)18)24(22,23)21-9-7-20(8-10-21)12-13-3-5-19-6-4-13/h1-2,11,13,19H,3-10,12H2. The van der Waals surface area contributed by atoms with Crippen molar-refractivity contribution in [2.45, 2.75) is 17.7 Å². The van der Waals surface area contributed by atoms with Crippen LogP contribution in [0.4, 0.5) is 0 Å². The molecule has 0 aliphatic carbocycles. The van der Waals surface area contributed by atoms with Gasteiger partial charge in [-0.2, -0.15) is 4.31 Å². The third kappa shape index (κ3) is 4.23. The predicted octanol–water partition coefficient (Wildman–Crippen LogP) is 2.30. The van der Waals surface area contributed by atoms with Crippen molar-refractivity contribution >= 4 is 33.2 Å². The number of hydrogen-bond donors (Lipinski definition) is 1. The second-order valence-corrected chi connectivity index (χ2v) is 9.23. The summed E-state index contributed by atoms with van der Waals surface area (Å²) in [5.74, 6) is 0.726. The fourth-order valence-electron chi connectivity index (χ4n) is 3.37. The van der Waals surface area contributed by atoms with E-state index in [2.05, 4.69) is 10.2 Å². The quantitative estimate of drug-likeness (QED) is 0.855. The normalized spacial score (nSPS) is 21.9. The van der Waals surface area contributed by atoms with Gasteiger partial charge in [0.05, 0.1) is 14.9 Å². The van der Waals surface area contributed by atoms with Crippen LogP contribution in [-0.2, 0) is 10.0 Å². The Bertz CT molecular complexity index is 670. The molecule has 0 saturated carbocycles. The van der Waals surface area contributed by atoms with Gasteiger partial charge in [-0.3, -0.25) is 0 Å². The summed E-state index contributed by atoms with van der Waals surface area (Å²) < 4.78 is 27.0. The first-order valence-corrected chi connectivity index (χ1v) is 10.5. The molecule has 2 fully saturated rings. The van der Waals surface area contributed by atoms with Crippen molar-refractivity contribution in [3.63, 3.8) is 0 Å². The van der Waals surface area contributed by atoms with Crippen LogP contribution in [0.1, 0.15) is 12.8 Å². The lowest BCUT2D eigenvalue weighted by Crippen LogP contribution is -2.50. The SMILES string of the molecule is O=S(=O)(c1ccc(Cl)c(Cl)c1)N1CCN(CC2CCNCC2)CC1.